The summed E-state index contributed by atoms with van der Waals surface area (Å²) in [6.07, 6.45) is 5.19. The van der Waals surface area contributed by atoms with E-state index in [1.165, 1.54) is 4.80 Å². The number of pyridine rings is 2. The van der Waals surface area contributed by atoms with Gasteiger partial charge in [0.25, 0.3) is 0 Å². The molecule has 0 amide bonds. The third kappa shape index (κ3) is 3.45. The zero-order chi connectivity index (χ0) is 20.5. The topological polar surface area (TPSA) is 82.5 Å². The molecular formula is C21H19ClN6O. The van der Waals surface area contributed by atoms with Gasteiger partial charge in [0.05, 0.1) is 11.8 Å². The highest BCUT2D eigenvalue weighted by molar-refractivity contribution is 6.30. The molecule has 0 radical (unpaired) electrons. The standard InChI is InChI=1S/C19H13ClN6O.C2H6/c1-10-13-7-22-18(20)6-12(13)14(8-21-10)19-24-15-5-11(3-4-17(15)27-19)16-9-23-26(2)25-16;1-2/h3-9H,1-2H3;1-2H3. The predicted molar refractivity (Wildman–Crippen MR) is 114 cm³/mol. The molecule has 0 aliphatic heterocycles. The number of aryl methyl sites for hydroxylation is 2. The Labute approximate surface area is 172 Å². The summed E-state index contributed by atoms with van der Waals surface area (Å²) in [6, 6.07) is 7.56. The number of rotatable bonds is 2. The lowest BCUT2D eigenvalue weighted by Gasteiger charge is -2.05. The molecular weight excluding hydrogens is 388 g/mol. The minimum atomic E-state index is 0.412. The van der Waals surface area contributed by atoms with Gasteiger partial charge >= 0.3 is 0 Å². The van der Waals surface area contributed by atoms with E-state index in [1.807, 2.05) is 39.0 Å². The number of benzene rings is 1. The van der Waals surface area contributed by atoms with Crippen LogP contribution in [0.15, 0.2) is 47.3 Å². The highest BCUT2D eigenvalue weighted by Gasteiger charge is 2.15. The number of halogens is 1. The van der Waals surface area contributed by atoms with Crippen LogP contribution in [0.3, 0.4) is 0 Å². The summed E-state index contributed by atoms with van der Waals surface area (Å²) in [7, 11) is 1.78. The minimum Gasteiger partial charge on any atom is -0.436 e. The zero-order valence-corrected chi connectivity index (χ0v) is 17.3. The third-order valence-corrected chi connectivity index (χ3v) is 4.66. The van der Waals surface area contributed by atoms with Crippen molar-refractivity contribution in [2.45, 2.75) is 20.8 Å². The first-order valence-electron chi connectivity index (χ1n) is 9.27. The Hall–Kier alpha value is -3.32. The van der Waals surface area contributed by atoms with E-state index >= 15 is 0 Å². The van der Waals surface area contributed by atoms with Crippen molar-refractivity contribution in [3.8, 4) is 22.7 Å². The fraction of sp³-hybridized carbons (Fsp3) is 0.190. The van der Waals surface area contributed by atoms with Crippen molar-refractivity contribution in [3.63, 3.8) is 0 Å². The van der Waals surface area contributed by atoms with Crippen LogP contribution in [0, 0.1) is 6.92 Å². The molecule has 0 spiro atoms. The van der Waals surface area contributed by atoms with Crippen LogP contribution in [0.25, 0.3) is 44.6 Å². The van der Waals surface area contributed by atoms with Gasteiger partial charge < -0.3 is 4.42 Å². The molecule has 0 fully saturated rings. The van der Waals surface area contributed by atoms with E-state index in [0.717, 1.165) is 38.8 Å². The normalized spacial score (nSPS) is 10.9. The van der Waals surface area contributed by atoms with Crippen LogP contribution < -0.4 is 0 Å². The SMILES string of the molecule is CC.Cc1ncc(-c2nc3cc(-c4cnn(C)n4)ccc3o2)c2cc(Cl)ncc12. The molecule has 0 atom stereocenters. The van der Waals surface area contributed by atoms with Crippen LogP contribution in [-0.4, -0.2) is 29.9 Å². The van der Waals surface area contributed by atoms with Crippen molar-refractivity contribution >= 4 is 33.5 Å². The van der Waals surface area contributed by atoms with Crippen LogP contribution >= 0.6 is 11.6 Å². The highest BCUT2D eigenvalue weighted by atomic mass is 35.5. The van der Waals surface area contributed by atoms with Crippen molar-refractivity contribution < 1.29 is 4.42 Å². The second-order valence-corrected chi connectivity index (χ2v) is 6.62. The lowest BCUT2D eigenvalue weighted by Crippen LogP contribution is -1.91. The molecule has 1 aromatic carbocycles. The zero-order valence-electron chi connectivity index (χ0n) is 16.5. The Kier molecular flexibility index (Phi) is 4.98. The summed E-state index contributed by atoms with van der Waals surface area (Å²) in [6.45, 7) is 5.93. The first-order chi connectivity index (χ1) is 14.1. The van der Waals surface area contributed by atoms with Crippen LogP contribution in [0.2, 0.25) is 5.15 Å². The molecule has 5 aromatic rings. The maximum Gasteiger partial charge on any atom is 0.229 e. The molecule has 0 bridgehead atoms. The van der Waals surface area contributed by atoms with Gasteiger partial charge in [-0.1, -0.05) is 25.4 Å². The van der Waals surface area contributed by atoms with Crippen molar-refractivity contribution in [1.29, 1.82) is 0 Å². The number of hydrogen-bond acceptors (Lipinski definition) is 6. The van der Waals surface area contributed by atoms with Crippen molar-refractivity contribution in [2.24, 2.45) is 7.05 Å². The van der Waals surface area contributed by atoms with E-state index < -0.39 is 0 Å². The quantitative estimate of drug-likeness (QED) is 0.374. The maximum absolute atomic E-state index is 6.10. The first kappa shape index (κ1) is 19.0. The first-order valence-corrected chi connectivity index (χ1v) is 9.65. The Bertz CT molecular complexity index is 1320. The summed E-state index contributed by atoms with van der Waals surface area (Å²) in [4.78, 5) is 14.8. The van der Waals surface area contributed by atoms with Gasteiger partial charge in [-0.25, -0.2) is 9.97 Å². The average Bonchev–Trinajstić information content (AvgIpc) is 3.35. The smallest absolute Gasteiger partial charge is 0.229 e. The van der Waals surface area contributed by atoms with Gasteiger partial charge in [-0.2, -0.15) is 15.0 Å². The van der Waals surface area contributed by atoms with Gasteiger partial charge in [-0.3, -0.25) is 4.98 Å². The van der Waals surface area contributed by atoms with E-state index in [0.29, 0.717) is 16.6 Å². The molecule has 0 saturated carbocycles. The largest absolute Gasteiger partial charge is 0.436 e. The Morgan fingerprint density at radius 3 is 2.59 bits per heavy atom. The average molecular weight is 407 g/mol. The third-order valence-electron chi connectivity index (χ3n) is 4.45. The number of oxazole rings is 1. The summed E-state index contributed by atoms with van der Waals surface area (Å²) in [5.74, 6) is 0.487. The minimum absolute atomic E-state index is 0.412. The van der Waals surface area contributed by atoms with E-state index in [-0.39, 0.29) is 0 Å². The fourth-order valence-corrected chi connectivity index (χ4v) is 3.25. The molecule has 0 N–H and O–H groups in total. The maximum atomic E-state index is 6.10. The van der Waals surface area contributed by atoms with E-state index in [4.69, 9.17) is 16.0 Å². The Balaban J connectivity index is 0.000000994. The highest BCUT2D eigenvalue weighted by Crippen LogP contribution is 2.33. The molecule has 5 rings (SSSR count). The van der Waals surface area contributed by atoms with Gasteiger partial charge in [-0.05, 0) is 31.2 Å². The van der Waals surface area contributed by atoms with Gasteiger partial charge in [0.15, 0.2) is 5.58 Å². The van der Waals surface area contributed by atoms with Crippen molar-refractivity contribution in [1.82, 2.24) is 29.9 Å². The molecule has 0 saturated heterocycles. The summed E-state index contributed by atoms with van der Waals surface area (Å²) < 4.78 is 5.98. The van der Waals surface area contributed by atoms with Crippen LogP contribution in [0.5, 0.6) is 0 Å². The number of nitrogens with zero attached hydrogens (tertiary/aromatic N) is 6. The van der Waals surface area contributed by atoms with Gasteiger partial charge in [0.1, 0.15) is 16.4 Å². The van der Waals surface area contributed by atoms with E-state index in [1.54, 1.807) is 31.7 Å². The van der Waals surface area contributed by atoms with Gasteiger partial charge in [-0.15, -0.1) is 0 Å². The summed E-state index contributed by atoms with van der Waals surface area (Å²) in [5.41, 5.74) is 4.78. The Morgan fingerprint density at radius 1 is 1.00 bits per heavy atom. The molecule has 29 heavy (non-hydrogen) atoms. The lowest BCUT2D eigenvalue weighted by molar-refractivity contribution is 0.620. The lowest BCUT2D eigenvalue weighted by atomic mass is 10.1. The van der Waals surface area contributed by atoms with Crippen LogP contribution in [0.4, 0.5) is 0 Å². The molecule has 0 aliphatic carbocycles. The molecule has 7 nitrogen and oxygen atoms in total. The predicted octanol–water partition coefficient (Wildman–Crippen LogP) is 5.22. The fourth-order valence-electron chi connectivity index (χ4n) is 3.09. The molecule has 0 unspecified atom stereocenters. The van der Waals surface area contributed by atoms with Crippen LogP contribution in [-0.2, 0) is 7.05 Å². The second-order valence-electron chi connectivity index (χ2n) is 6.23. The molecule has 4 aromatic heterocycles. The molecule has 146 valence electrons. The van der Waals surface area contributed by atoms with Crippen molar-refractivity contribution in [3.05, 3.63) is 53.7 Å². The van der Waals surface area contributed by atoms with E-state index in [9.17, 15) is 0 Å². The molecule has 8 heteroatoms. The van der Waals surface area contributed by atoms with Gasteiger partial charge in [0.2, 0.25) is 5.89 Å². The number of hydrogen-bond donors (Lipinski definition) is 0. The van der Waals surface area contributed by atoms with Gasteiger partial charge in [0, 0.05) is 41.5 Å². The van der Waals surface area contributed by atoms with Crippen molar-refractivity contribution in [2.75, 3.05) is 0 Å². The second kappa shape index (κ2) is 7.60. The molecule has 4 heterocycles. The van der Waals surface area contributed by atoms with Crippen LogP contribution in [0.1, 0.15) is 19.5 Å². The Morgan fingerprint density at radius 2 is 1.83 bits per heavy atom. The monoisotopic (exact) mass is 406 g/mol. The van der Waals surface area contributed by atoms with E-state index in [2.05, 4.69) is 25.1 Å². The number of aromatic nitrogens is 6. The summed E-state index contributed by atoms with van der Waals surface area (Å²) >= 11 is 6.10. The molecule has 0 aliphatic rings. The number of fused-ring (bicyclic) bond motifs is 2. The summed E-state index contributed by atoms with van der Waals surface area (Å²) in [5, 5.41) is 10.7.